The minimum Gasteiger partial charge on any atom is -0.497 e. The predicted octanol–water partition coefficient (Wildman–Crippen LogP) is 2.18. The van der Waals surface area contributed by atoms with Gasteiger partial charge in [-0.25, -0.2) is 0 Å². The van der Waals surface area contributed by atoms with Crippen LogP contribution in [0, 0.1) is 0 Å². The monoisotopic (exact) mass is 379 g/mol. The Kier molecular flexibility index (Phi) is 4.92. The van der Waals surface area contributed by atoms with Gasteiger partial charge < -0.3 is 14.4 Å². The molecule has 8 heteroatoms. The second-order valence-corrected chi connectivity index (χ2v) is 6.61. The Labute approximate surface area is 162 Å². The molecular formula is C20H21N5O3. The number of hydrogen-bond acceptors (Lipinski definition) is 6. The van der Waals surface area contributed by atoms with Crippen molar-refractivity contribution in [3.8, 4) is 22.9 Å². The van der Waals surface area contributed by atoms with E-state index in [9.17, 15) is 4.79 Å². The van der Waals surface area contributed by atoms with E-state index in [-0.39, 0.29) is 12.0 Å². The number of methoxy groups -OCH3 is 1. The lowest BCUT2D eigenvalue weighted by Crippen LogP contribution is -2.32. The standard InChI is InChI=1S/C20H21N5O3/c1-24-18(12-17(23-24)14-5-3-6-15(11-14)27-2)20(26)25-10-8-16(13-25)28-19-7-4-9-21-22-19/h3-7,9,11-12,16H,8,10,13H2,1-2H3. The molecule has 1 amide bonds. The van der Waals surface area contributed by atoms with Crippen LogP contribution < -0.4 is 9.47 Å². The van der Waals surface area contributed by atoms with Crippen LogP contribution >= 0.6 is 0 Å². The second-order valence-electron chi connectivity index (χ2n) is 6.61. The molecule has 1 aliphatic rings. The number of hydrogen-bond donors (Lipinski definition) is 0. The first-order valence-corrected chi connectivity index (χ1v) is 9.06. The Morgan fingerprint density at radius 3 is 2.89 bits per heavy atom. The van der Waals surface area contributed by atoms with Crippen molar-refractivity contribution in [1.29, 1.82) is 0 Å². The number of rotatable bonds is 5. The molecule has 2 aromatic heterocycles. The minimum absolute atomic E-state index is 0.0607. The molecule has 1 unspecified atom stereocenters. The lowest BCUT2D eigenvalue weighted by atomic mass is 10.1. The molecule has 1 saturated heterocycles. The molecule has 0 aliphatic carbocycles. The Morgan fingerprint density at radius 1 is 1.21 bits per heavy atom. The SMILES string of the molecule is COc1cccc(-c2cc(C(=O)N3CCC(Oc4cccnn4)C3)n(C)n2)c1. The van der Waals surface area contributed by atoms with Crippen molar-refractivity contribution in [3.63, 3.8) is 0 Å². The molecule has 1 fully saturated rings. The molecule has 4 rings (SSSR count). The zero-order valence-corrected chi connectivity index (χ0v) is 15.8. The van der Waals surface area contributed by atoms with Gasteiger partial charge in [0.2, 0.25) is 5.88 Å². The van der Waals surface area contributed by atoms with Gasteiger partial charge in [-0.2, -0.15) is 10.2 Å². The molecule has 1 aliphatic heterocycles. The number of carbonyl (C=O) groups excluding carboxylic acids is 1. The van der Waals surface area contributed by atoms with Gasteiger partial charge in [-0.3, -0.25) is 9.48 Å². The minimum atomic E-state index is -0.0910. The zero-order valence-electron chi connectivity index (χ0n) is 15.8. The Bertz CT molecular complexity index is 973. The van der Waals surface area contributed by atoms with Crippen LogP contribution in [0.4, 0.5) is 0 Å². The quantitative estimate of drug-likeness (QED) is 0.676. The summed E-state index contributed by atoms with van der Waals surface area (Å²) in [6.07, 6.45) is 2.26. The third kappa shape index (κ3) is 3.66. The van der Waals surface area contributed by atoms with Gasteiger partial charge in [-0.05, 0) is 24.3 Å². The van der Waals surface area contributed by atoms with Crippen molar-refractivity contribution in [2.75, 3.05) is 20.2 Å². The molecule has 0 spiro atoms. The predicted molar refractivity (Wildman–Crippen MR) is 102 cm³/mol. The van der Waals surface area contributed by atoms with E-state index in [0.717, 1.165) is 23.4 Å². The Hall–Kier alpha value is -3.42. The molecular weight excluding hydrogens is 358 g/mol. The summed E-state index contributed by atoms with van der Waals surface area (Å²) in [4.78, 5) is 14.8. The zero-order chi connectivity index (χ0) is 19.5. The third-order valence-electron chi connectivity index (χ3n) is 4.73. The number of aromatic nitrogens is 4. The molecule has 144 valence electrons. The van der Waals surface area contributed by atoms with Gasteiger partial charge in [0.05, 0.1) is 19.3 Å². The van der Waals surface area contributed by atoms with Crippen LogP contribution in [0.2, 0.25) is 0 Å². The fourth-order valence-corrected chi connectivity index (χ4v) is 3.28. The highest BCUT2D eigenvalue weighted by Crippen LogP contribution is 2.25. The maximum Gasteiger partial charge on any atom is 0.272 e. The maximum atomic E-state index is 13.0. The van der Waals surface area contributed by atoms with Crippen molar-refractivity contribution >= 4 is 5.91 Å². The van der Waals surface area contributed by atoms with Crippen molar-refractivity contribution in [3.05, 3.63) is 54.4 Å². The molecule has 8 nitrogen and oxygen atoms in total. The summed E-state index contributed by atoms with van der Waals surface area (Å²) in [6.45, 7) is 1.14. The Balaban J connectivity index is 1.47. The van der Waals surface area contributed by atoms with Crippen LogP contribution in [0.25, 0.3) is 11.3 Å². The number of amides is 1. The third-order valence-corrected chi connectivity index (χ3v) is 4.73. The molecule has 0 saturated carbocycles. The van der Waals surface area contributed by atoms with Gasteiger partial charge in [0.1, 0.15) is 17.5 Å². The smallest absolute Gasteiger partial charge is 0.272 e. The maximum absolute atomic E-state index is 13.0. The Morgan fingerprint density at radius 2 is 2.11 bits per heavy atom. The van der Waals surface area contributed by atoms with Crippen molar-refractivity contribution in [2.24, 2.45) is 7.05 Å². The first-order chi connectivity index (χ1) is 13.6. The highest BCUT2D eigenvalue weighted by atomic mass is 16.5. The molecule has 1 atom stereocenters. The summed E-state index contributed by atoms with van der Waals surface area (Å²) in [5, 5.41) is 12.2. The molecule has 28 heavy (non-hydrogen) atoms. The van der Waals surface area contributed by atoms with E-state index < -0.39 is 0 Å². The highest BCUT2D eigenvalue weighted by Gasteiger charge is 2.30. The first-order valence-electron chi connectivity index (χ1n) is 9.06. The van der Waals surface area contributed by atoms with Crippen LogP contribution in [-0.4, -0.2) is 57.1 Å². The summed E-state index contributed by atoms with van der Waals surface area (Å²) in [6, 6.07) is 13.0. The highest BCUT2D eigenvalue weighted by molar-refractivity contribution is 5.94. The van der Waals surface area contributed by atoms with E-state index in [1.54, 1.807) is 42.1 Å². The van der Waals surface area contributed by atoms with E-state index in [0.29, 0.717) is 24.7 Å². The molecule has 3 aromatic rings. The van der Waals surface area contributed by atoms with Gasteiger partial charge in [0, 0.05) is 37.8 Å². The van der Waals surface area contributed by atoms with Crippen LogP contribution in [0.5, 0.6) is 11.6 Å². The van der Waals surface area contributed by atoms with Gasteiger partial charge in [-0.15, -0.1) is 5.10 Å². The summed E-state index contributed by atoms with van der Waals surface area (Å²) in [7, 11) is 3.40. The lowest BCUT2D eigenvalue weighted by Gasteiger charge is -2.16. The van der Waals surface area contributed by atoms with E-state index in [1.807, 2.05) is 30.3 Å². The number of benzene rings is 1. The average molecular weight is 379 g/mol. The molecule has 0 bridgehead atoms. The lowest BCUT2D eigenvalue weighted by molar-refractivity contribution is 0.0760. The van der Waals surface area contributed by atoms with Gasteiger partial charge in [-0.1, -0.05) is 12.1 Å². The van der Waals surface area contributed by atoms with Crippen LogP contribution in [0.1, 0.15) is 16.9 Å². The topological polar surface area (TPSA) is 82.4 Å². The van der Waals surface area contributed by atoms with Gasteiger partial charge in [0.15, 0.2) is 0 Å². The number of aryl methyl sites for hydroxylation is 1. The molecule has 3 heterocycles. The molecule has 1 aromatic carbocycles. The second kappa shape index (κ2) is 7.67. The number of carbonyl (C=O) groups is 1. The average Bonchev–Trinajstić information content (AvgIpc) is 3.35. The van der Waals surface area contributed by atoms with E-state index in [1.165, 1.54) is 0 Å². The van der Waals surface area contributed by atoms with Crippen molar-refractivity contribution in [2.45, 2.75) is 12.5 Å². The summed E-state index contributed by atoms with van der Waals surface area (Å²) in [5.41, 5.74) is 2.17. The van der Waals surface area contributed by atoms with Crippen molar-refractivity contribution < 1.29 is 14.3 Å². The van der Waals surface area contributed by atoms with E-state index in [4.69, 9.17) is 9.47 Å². The van der Waals surface area contributed by atoms with E-state index in [2.05, 4.69) is 15.3 Å². The summed E-state index contributed by atoms with van der Waals surface area (Å²) in [5.74, 6) is 1.16. The first kappa shape index (κ1) is 18.0. The van der Waals surface area contributed by atoms with Crippen LogP contribution in [0.3, 0.4) is 0 Å². The summed E-state index contributed by atoms with van der Waals surface area (Å²) >= 11 is 0. The molecule has 0 radical (unpaired) electrons. The fraction of sp³-hybridized carbons (Fsp3) is 0.300. The summed E-state index contributed by atoms with van der Waals surface area (Å²) < 4.78 is 12.7. The molecule has 0 N–H and O–H groups in total. The number of likely N-dealkylation sites (tertiary alicyclic amines) is 1. The van der Waals surface area contributed by atoms with Gasteiger partial charge in [0.25, 0.3) is 5.91 Å². The van der Waals surface area contributed by atoms with Gasteiger partial charge >= 0.3 is 0 Å². The van der Waals surface area contributed by atoms with Crippen molar-refractivity contribution in [1.82, 2.24) is 24.9 Å². The number of ether oxygens (including phenoxy) is 2. The fourth-order valence-electron chi connectivity index (χ4n) is 3.28. The van der Waals surface area contributed by atoms with Crippen LogP contribution in [0.15, 0.2) is 48.7 Å². The normalized spacial score (nSPS) is 16.2. The van der Waals surface area contributed by atoms with E-state index >= 15 is 0 Å². The largest absolute Gasteiger partial charge is 0.497 e. The number of nitrogens with zero attached hydrogens (tertiary/aromatic N) is 5. The van der Waals surface area contributed by atoms with Crippen LogP contribution in [-0.2, 0) is 7.05 Å².